The van der Waals surface area contributed by atoms with Crippen LogP contribution in [0.3, 0.4) is 0 Å². The van der Waals surface area contributed by atoms with Crippen LogP contribution in [-0.4, -0.2) is 21.0 Å². The first-order chi connectivity index (χ1) is 13.8. The van der Waals surface area contributed by atoms with Gasteiger partial charge in [0.15, 0.2) is 0 Å². The molecule has 0 bridgehead atoms. The maximum Gasteiger partial charge on any atom is 0.315 e. The zero-order chi connectivity index (χ0) is 21.2. The molecule has 3 rings (SSSR count). The number of ether oxygens (including phenoxy) is 1. The van der Waals surface area contributed by atoms with E-state index in [1.54, 1.807) is 6.92 Å². The fourth-order valence-electron chi connectivity index (χ4n) is 4.55. The summed E-state index contributed by atoms with van der Waals surface area (Å²) in [6.07, 6.45) is 1.20. The minimum Gasteiger partial charge on any atom is -0.465 e. The zero-order valence-corrected chi connectivity index (χ0v) is 19.1. The van der Waals surface area contributed by atoms with Crippen LogP contribution in [0.1, 0.15) is 38.3 Å². The summed E-state index contributed by atoms with van der Waals surface area (Å²) in [4.78, 5) is 13.9. The van der Waals surface area contributed by atoms with Gasteiger partial charge in [0.2, 0.25) is 0 Å². The summed E-state index contributed by atoms with van der Waals surface area (Å²) in [7, 11) is -1.54. The van der Waals surface area contributed by atoms with Crippen LogP contribution in [0.25, 0.3) is 0 Å². The molecule has 2 aromatic rings. The van der Waals surface area contributed by atoms with Crippen molar-refractivity contribution >= 4 is 28.4 Å². The van der Waals surface area contributed by atoms with Crippen molar-refractivity contribution in [1.29, 1.82) is 0 Å². The second-order valence-corrected chi connectivity index (χ2v) is 10.6. The minimum atomic E-state index is -1.54. The molecular weight excluding hydrogens is 404 g/mol. The van der Waals surface area contributed by atoms with E-state index in [4.69, 9.17) is 16.3 Å². The molecule has 3 nitrogen and oxygen atoms in total. The molecule has 0 radical (unpaired) electrons. The molecule has 1 unspecified atom stereocenters. The number of esters is 1. The van der Waals surface area contributed by atoms with Crippen molar-refractivity contribution in [3.63, 3.8) is 0 Å². The van der Waals surface area contributed by atoms with Gasteiger partial charge in [-0.1, -0.05) is 61.9 Å². The van der Waals surface area contributed by atoms with E-state index in [0.717, 1.165) is 11.1 Å². The van der Waals surface area contributed by atoms with E-state index in [2.05, 4.69) is 0 Å². The highest BCUT2D eigenvalue weighted by molar-refractivity contribution is 7.88. The first-order valence-electron chi connectivity index (χ1n) is 10.2. The Kier molecular flexibility index (Phi) is 6.54. The fraction of sp³-hybridized carbons (Fsp3) is 0.458. The monoisotopic (exact) mass is 432 g/mol. The normalized spacial score (nSPS) is 26.9. The highest BCUT2D eigenvalue weighted by Gasteiger charge is 2.84. The third-order valence-electron chi connectivity index (χ3n) is 5.92. The van der Waals surface area contributed by atoms with E-state index >= 15 is 0 Å². The molecule has 0 spiro atoms. The Morgan fingerprint density at radius 3 is 2.31 bits per heavy atom. The van der Waals surface area contributed by atoms with Crippen LogP contribution in [-0.2, 0) is 26.8 Å². The summed E-state index contributed by atoms with van der Waals surface area (Å²) in [5, 5.41) is 0. The Bertz CT molecular complexity index is 881. The zero-order valence-electron chi connectivity index (χ0n) is 17.5. The predicted octanol–water partition coefficient (Wildman–Crippen LogP) is 5.51. The number of hydrogen-bond donors (Lipinski definition) is 0. The van der Waals surface area contributed by atoms with Crippen LogP contribution in [0.2, 0.25) is 0 Å². The maximum atomic E-state index is 13.7. The number of hydrogen-bond acceptors (Lipinski definition) is 3. The first-order valence-corrected chi connectivity index (χ1v) is 11.7. The van der Waals surface area contributed by atoms with Crippen molar-refractivity contribution in [2.24, 2.45) is 17.3 Å². The third-order valence-corrected chi connectivity index (χ3v) is 8.77. The largest absolute Gasteiger partial charge is 0.465 e. The van der Waals surface area contributed by atoms with Crippen molar-refractivity contribution in [3.8, 4) is 0 Å². The molecule has 4 atom stereocenters. The summed E-state index contributed by atoms with van der Waals surface area (Å²) in [5.74, 6) is -0.450. The third kappa shape index (κ3) is 3.77. The van der Waals surface area contributed by atoms with E-state index in [1.807, 2.05) is 75.4 Å². The van der Waals surface area contributed by atoms with Gasteiger partial charge in [-0.3, -0.25) is 9.00 Å². The number of alkyl halides is 1. The van der Waals surface area contributed by atoms with Crippen molar-refractivity contribution < 1.29 is 13.7 Å². The maximum absolute atomic E-state index is 13.7. The Labute approximate surface area is 181 Å². The molecule has 1 saturated carbocycles. The molecule has 1 aliphatic carbocycles. The van der Waals surface area contributed by atoms with E-state index in [9.17, 15) is 9.00 Å². The minimum absolute atomic E-state index is 0.0991. The fourth-order valence-corrected chi connectivity index (χ4v) is 7.50. The molecule has 0 amide bonds. The molecule has 0 heterocycles. The van der Waals surface area contributed by atoms with Crippen LogP contribution in [0.4, 0.5) is 0 Å². The number of carbonyl (C=O) groups excluding carboxylic acids is 1. The van der Waals surface area contributed by atoms with Crippen molar-refractivity contribution in [2.45, 2.75) is 49.6 Å². The first kappa shape index (κ1) is 22.0. The summed E-state index contributed by atoms with van der Waals surface area (Å²) < 4.78 is 18.0. The molecule has 1 aliphatic rings. The van der Waals surface area contributed by atoms with Gasteiger partial charge in [-0.05, 0) is 50.3 Å². The van der Waals surface area contributed by atoms with Crippen LogP contribution in [0, 0.1) is 24.2 Å². The molecule has 29 heavy (non-hydrogen) atoms. The lowest BCUT2D eigenvalue weighted by molar-refractivity contribution is -0.151. The van der Waals surface area contributed by atoms with Gasteiger partial charge in [-0.2, -0.15) is 0 Å². The van der Waals surface area contributed by atoms with Gasteiger partial charge in [-0.25, -0.2) is 0 Å². The van der Waals surface area contributed by atoms with Crippen LogP contribution < -0.4 is 0 Å². The Morgan fingerprint density at radius 2 is 1.76 bits per heavy atom. The van der Waals surface area contributed by atoms with Gasteiger partial charge in [0.25, 0.3) is 0 Å². The standard InChI is InChI=1S/C24H29ClO3S/c1-5-28-22(26)23(16-15-19-9-7-6-8-10-19)21(17(2)3)24(23,25)29(27)20-13-11-18(4)12-14-20/h6-14,17,21H,5,15-16H2,1-4H3/t21-,23+,24+,29?/m1/s1. The second kappa shape index (κ2) is 8.61. The van der Waals surface area contributed by atoms with Gasteiger partial charge in [0.05, 0.1) is 17.4 Å². The lowest BCUT2D eigenvalue weighted by Gasteiger charge is -2.20. The average molecular weight is 433 g/mol. The molecule has 0 aliphatic heterocycles. The van der Waals surface area contributed by atoms with E-state index in [0.29, 0.717) is 17.7 Å². The Balaban J connectivity index is 2.00. The lowest BCUT2D eigenvalue weighted by atomic mass is 9.90. The van der Waals surface area contributed by atoms with Gasteiger partial charge < -0.3 is 4.74 Å². The van der Waals surface area contributed by atoms with Crippen molar-refractivity contribution in [2.75, 3.05) is 6.61 Å². The highest BCUT2D eigenvalue weighted by atomic mass is 35.5. The SMILES string of the molecule is CCOC(=O)[C@]1(CCc2ccccc2)[C@@H](C(C)C)[C@]1(Cl)S(=O)c1ccc(C)cc1. The number of rotatable bonds is 8. The van der Waals surface area contributed by atoms with Crippen LogP contribution in [0.15, 0.2) is 59.5 Å². The van der Waals surface area contributed by atoms with E-state index in [-0.39, 0.29) is 24.4 Å². The van der Waals surface area contributed by atoms with Gasteiger partial charge >= 0.3 is 5.97 Å². The summed E-state index contributed by atoms with van der Waals surface area (Å²) in [5.41, 5.74) is 1.25. The summed E-state index contributed by atoms with van der Waals surface area (Å²) in [6.45, 7) is 8.14. The Hall–Kier alpha value is -1.65. The average Bonchev–Trinajstić information content (AvgIpc) is 3.29. The summed E-state index contributed by atoms with van der Waals surface area (Å²) >= 11 is 7.15. The molecule has 0 N–H and O–H groups in total. The molecular formula is C24H29ClO3S. The van der Waals surface area contributed by atoms with Gasteiger partial charge in [-0.15, -0.1) is 11.6 Å². The van der Waals surface area contributed by atoms with Gasteiger partial charge in [0, 0.05) is 10.8 Å². The smallest absolute Gasteiger partial charge is 0.315 e. The number of halogens is 1. The second-order valence-electron chi connectivity index (χ2n) is 8.13. The Morgan fingerprint density at radius 1 is 1.14 bits per heavy atom. The lowest BCUT2D eigenvalue weighted by Crippen LogP contribution is -2.30. The predicted molar refractivity (Wildman–Crippen MR) is 118 cm³/mol. The van der Waals surface area contributed by atoms with Crippen molar-refractivity contribution in [1.82, 2.24) is 0 Å². The number of carbonyl (C=O) groups is 1. The van der Waals surface area contributed by atoms with Crippen LogP contribution in [0.5, 0.6) is 0 Å². The molecule has 2 aromatic carbocycles. The molecule has 1 fully saturated rings. The number of aryl methyl sites for hydroxylation is 2. The molecule has 0 aromatic heterocycles. The molecule has 5 heteroatoms. The van der Waals surface area contributed by atoms with Crippen molar-refractivity contribution in [3.05, 3.63) is 65.7 Å². The molecule has 156 valence electrons. The van der Waals surface area contributed by atoms with E-state index < -0.39 is 20.4 Å². The highest BCUT2D eigenvalue weighted by Crippen LogP contribution is 2.74. The van der Waals surface area contributed by atoms with E-state index in [1.165, 1.54) is 0 Å². The topological polar surface area (TPSA) is 43.4 Å². The summed E-state index contributed by atoms with van der Waals surface area (Å²) in [6, 6.07) is 17.6. The number of benzene rings is 2. The van der Waals surface area contributed by atoms with Gasteiger partial charge in [0.1, 0.15) is 9.62 Å². The molecule has 0 saturated heterocycles. The quantitative estimate of drug-likeness (QED) is 0.408. The van der Waals surface area contributed by atoms with Crippen LogP contribution >= 0.6 is 11.6 Å².